The molecule has 18 heavy (non-hydrogen) atoms. The Hall–Kier alpha value is -2.01. The first-order valence-electron chi connectivity index (χ1n) is 5.58. The highest BCUT2D eigenvalue weighted by Crippen LogP contribution is 2.33. The third-order valence-electron chi connectivity index (χ3n) is 2.67. The lowest BCUT2D eigenvalue weighted by molar-refractivity contribution is 0.355. The van der Waals surface area contributed by atoms with E-state index in [1.807, 2.05) is 25.1 Å². The summed E-state index contributed by atoms with van der Waals surface area (Å²) >= 11 is 0. The van der Waals surface area contributed by atoms with E-state index in [9.17, 15) is 0 Å². The van der Waals surface area contributed by atoms with Gasteiger partial charge in [-0.25, -0.2) is 4.98 Å². The summed E-state index contributed by atoms with van der Waals surface area (Å²) in [5, 5.41) is 0. The van der Waals surface area contributed by atoms with E-state index < -0.39 is 0 Å². The van der Waals surface area contributed by atoms with Crippen LogP contribution in [-0.4, -0.2) is 19.2 Å². The van der Waals surface area contributed by atoms with Crippen LogP contribution in [0.3, 0.4) is 0 Å². The normalized spacial score (nSPS) is 10.4. The second-order valence-corrected chi connectivity index (χ2v) is 3.79. The summed E-state index contributed by atoms with van der Waals surface area (Å²) in [6.45, 7) is 2.15. The Labute approximate surface area is 106 Å². The first-order chi connectivity index (χ1) is 8.69. The zero-order valence-corrected chi connectivity index (χ0v) is 10.7. The molecule has 0 bridgehead atoms. The lowest BCUT2D eigenvalue weighted by Crippen LogP contribution is -1.95. The third-order valence-corrected chi connectivity index (χ3v) is 2.67. The molecule has 0 spiro atoms. The van der Waals surface area contributed by atoms with E-state index in [2.05, 4.69) is 4.98 Å². The highest BCUT2D eigenvalue weighted by atomic mass is 16.5. The van der Waals surface area contributed by atoms with Crippen molar-refractivity contribution >= 4 is 0 Å². The lowest BCUT2D eigenvalue weighted by Gasteiger charge is -2.08. The van der Waals surface area contributed by atoms with Crippen molar-refractivity contribution in [3.63, 3.8) is 0 Å². The van der Waals surface area contributed by atoms with E-state index in [4.69, 9.17) is 19.6 Å². The maximum Gasteiger partial charge on any atom is 0.208 e. The Bertz CT molecular complexity index is 549. The second kappa shape index (κ2) is 5.10. The topological polar surface area (TPSA) is 70.5 Å². The van der Waals surface area contributed by atoms with E-state index in [0.29, 0.717) is 17.4 Å². The highest BCUT2D eigenvalue weighted by Gasteiger charge is 2.13. The van der Waals surface area contributed by atoms with Crippen LogP contribution in [0.25, 0.3) is 11.3 Å². The summed E-state index contributed by atoms with van der Waals surface area (Å²) in [5.41, 5.74) is 7.20. The standard InChI is InChI=1S/C13H16N2O3/c1-8-13(15-12(7-14)18-8)9-4-5-10(16-2)11(6-9)17-3/h4-6H,7,14H2,1-3H3. The summed E-state index contributed by atoms with van der Waals surface area (Å²) in [4.78, 5) is 4.34. The first kappa shape index (κ1) is 12.4. The summed E-state index contributed by atoms with van der Waals surface area (Å²) in [5.74, 6) is 2.60. The van der Waals surface area contributed by atoms with Crippen molar-refractivity contribution in [1.82, 2.24) is 4.98 Å². The minimum absolute atomic E-state index is 0.286. The molecule has 0 fully saturated rings. The molecule has 0 unspecified atom stereocenters. The number of methoxy groups -OCH3 is 2. The van der Waals surface area contributed by atoms with Crippen LogP contribution in [0.5, 0.6) is 11.5 Å². The monoisotopic (exact) mass is 248 g/mol. The number of nitrogens with zero attached hydrogens (tertiary/aromatic N) is 1. The molecule has 1 aromatic heterocycles. The van der Waals surface area contributed by atoms with Crippen LogP contribution in [-0.2, 0) is 6.54 Å². The van der Waals surface area contributed by atoms with Gasteiger partial charge in [-0.1, -0.05) is 0 Å². The molecule has 1 aromatic carbocycles. The van der Waals surface area contributed by atoms with Crippen LogP contribution in [0.1, 0.15) is 11.7 Å². The van der Waals surface area contributed by atoms with Crippen LogP contribution >= 0.6 is 0 Å². The molecule has 0 saturated heterocycles. The average Bonchev–Trinajstić information content (AvgIpc) is 2.79. The van der Waals surface area contributed by atoms with Crippen molar-refractivity contribution < 1.29 is 13.9 Å². The zero-order chi connectivity index (χ0) is 13.1. The fraction of sp³-hybridized carbons (Fsp3) is 0.308. The number of rotatable bonds is 4. The largest absolute Gasteiger partial charge is 0.493 e. The van der Waals surface area contributed by atoms with Crippen LogP contribution in [0, 0.1) is 6.92 Å². The number of nitrogens with two attached hydrogens (primary N) is 1. The van der Waals surface area contributed by atoms with Crippen molar-refractivity contribution in [1.29, 1.82) is 0 Å². The van der Waals surface area contributed by atoms with Gasteiger partial charge in [-0.15, -0.1) is 0 Å². The van der Waals surface area contributed by atoms with Crippen LogP contribution in [0.2, 0.25) is 0 Å². The van der Waals surface area contributed by atoms with E-state index in [1.54, 1.807) is 14.2 Å². The van der Waals surface area contributed by atoms with Crippen LogP contribution < -0.4 is 15.2 Å². The molecule has 0 radical (unpaired) electrons. The van der Waals surface area contributed by atoms with Gasteiger partial charge in [-0.3, -0.25) is 0 Å². The molecule has 0 atom stereocenters. The molecule has 0 amide bonds. The summed E-state index contributed by atoms with van der Waals surface area (Å²) in [6.07, 6.45) is 0. The quantitative estimate of drug-likeness (QED) is 0.897. The van der Waals surface area contributed by atoms with Gasteiger partial charge in [0.1, 0.15) is 11.5 Å². The van der Waals surface area contributed by atoms with Gasteiger partial charge in [0.25, 0.3) is 0 Å². The Morgan fingerprint density at radius 3 is 2.50 bits per heavy atom. The number of aryl methyl sites for hydroxylation is 1. The van der Waals surface area contributed by atoms with Gasteiger partial charge in [0.2, 0.25) is 5.89 Å². The van der Waals surface area contributed by atoms with Gasteiger partial charge in [0, 0.05) is 5.56 Å². The molecule has 96 valence electrons. The van der Waals surface area contributed by atoms with Gasteiger partial charge in [-0.05, 0) is 25.1 Å². The van der Waals surface area contributed by atoms with Gasteiger partial charge in [0.15, 0.2) is 11.5 Å². The fourth-order valence-corrected chi connectivity index (χ4v) is 1.79. The van der Waals surface area contributed by atoms with Crippen molar-refractivity contribution in [2.24, 2.45) is 5.73 Å². The summed E-state index contributed by atoms with van der Waals surface area (Å²) in [7, 11) is 3.20. The smallest absolute Gasteiger partial charge is 0.208 e. The second-order valence-electron chi connectivity index (χ2n) is 3.79. The maximum absolute atomic E-state index is 5.51. The molecule has 0 aliphatic heterocycles. The molecule has 0 aliphatic carbocycles. The Kier molecular flexibility index (Phi) is 3.53. The van der Waals surface area contributed by atoms with Gasteiger partial charge in [-0.2, -0.15) is 0 Å². The van der Waals surface area contributed by atoms with Crippen molar-refractivity contribution in [2.45, 2.75) is 13.5 Å². The Balaban J connectivity index is 2.47. The average molecular weight is 248 g/mol. The molecule has 0 aliphatic rings. The molecule has 2 aromatic rings. The minimum Gasteiger partial charge on any atom is -0.493 e. The van der Waals surface area contributed by atoms with Crippen molar-refractivity contribution in [3.8, 4) is 22.8 Å². The summed E-state index contributed by atoms with van der Waals surface area (Å²) < 4.78 is 15.9. The number of oxazole rings is 1. The lowest BCUT2D eigenvalue weighted by atomic mass is 10.1. The molecule has 0 saturated carbocycles. The number of aromatic nitrogens is 1. The molecule has 5 heteroatoms. The van der Waals surface area contributed by atoms with Crippen molar-refractivity contribution in [3.05, 3.63) is 29.9 Å². The number of ether oxygens (including phenoxy) is 2. The Morgan fingerprint density at radius 1 is 1.22 bits per heavy atom. The molecule has 1 heterocycles. The highest BCUT2D eigenvalue weighted by molar-refractivity contribution is 5.65. The van der Waals surface area contributed by atoms with Crippen LogP contribution in [0.4, 0.5) is 0 Å². The predicted octanol–water partition coefficient (Wildman–Crippen LogP) is 2.13. The molecule has 5 nitrogen and oxygen atoms in total. The van der Waals surface area contributed by atoms with Gasteiger partial charge in [0.05, 0.1) is 20.8 Å². The first-order valence-corrected chi connectivity index (χ1v) is 5.58. The van der Waals surface area contributed by atoms with Crippen LogP contribution in [0.15, 0.2) is 22.6 Å². The number of hydrogen-bond acceptors (Lipinski definition) is 5. The van der Waals surface area contributed by atoms with Gasteiger partial charge < -0.3 is 19.6 Å². The zero-order valence-electron chi connectivity index (χ0n) is 10.7. The molecular formula is C13H16N2O3. The Morgan fingerprint density at radius 2 is 1.94 bits per heavy atom. The predicted molar refractivity (Wildman–Crippen MR) is 67.7 cm³/mol. The third kappa shape index (κ3) is 2.17. The van der Waals surface area contributed by atoms with E-state index >= 15 is 0 Å². The van der Waals surface area contributed by atoms with E-state index in [0.717, 1.165) is 17.0 Å². The number of benzene rings is 1. The molecular weight excluding hydrogens is 232 g/mol. The van der Waals surface area contributed by atoms with Crippen molar-refractivity contribution in [2.75, 3.05) is 14.2 Å². The maximum atomic E-state index is 5.51. The van der Waals surface area contributed by atoms with E-state index in [1.165, 1.54) is 0 Å². The molecule has 2 N–H and O–H groups in total. The summed E-state index contributed by atoms with van der Waals surface area (Å²) in [6, 6.07) is 5.61. The minimum atomic E-state index is 0.286. The molecule has 2 rings (SSSR count). The fourth-order valence-electron chi connectivity index (χ4n) is 1.79. The SMILES string of the molecule is COc1ccc(-c2nc(CN)oc2C)cc1OC. The van der Waals surface area contributed by atoms with Gasteiger partial charge >= 0.3 is 0 Å². The van der Waals surface area contributed by atoms with E-state index in [-0.39, 0.29) is 6.54 Å². The number of hydrogen-bond donors (Lipinski definition) is 1.